The summed E-state index contributed by atoms with van der Waals surface area (Å²) in [6, 6.07) is 17.5. The number of hydrogen-bond acceptors (Lipinski definition) is 4. The van der Waals surface area contributed by atoms with Crippen LogP contribution in [-0.2, 0) is 18.3 Å². The molecule has 0 unspecified atom stereocenters. The van der Waals surface area contributed by atoms with Gasteiger partial charge in [-0.15, -0.1) is 0 Å². The Morgan fingerprint density at radius 2 is 1.93 bits per heavy atom. The number of ketones is 1. The van der Waals surface area contributed by atoms with E-state index < -0.39 is 0 Å². The number of aryl methyl sites for hydroxylation is 1. The van der Waals surface area contributed by atoms with Gasteiger partial charge in [0.2, 0.25) is 0 Å². The van der Waals surface area contributed by atoms with Crippen LogP contribution in [-0.4, -0.2) is 26.1 Å². The van der Waals surface area contributed by atoms with E-state index in [0.29, 0.717) is 28.9 Å². The fourth-order valence-electron chi connectivity index (χ4n) is 3.38. The van der Waals surface area contributed by atoms with Crippen molar-refractivity contribution >= 4 is 39.4 Å². The number of rotatable bonds is 7. The molecule has 0 radical (unpaired) electrons. The number of aromatic nitrogens is 3. The van der Waals surface area contributed by atoms with Gasteiger partial charge >= 0.3 is 0 Å². The highest BCUT2D eigenvalue weighted by Gasteiger charge is 2.10. The molecule has 1 N–H and O–H groups in total. The molecule has 0 amide bonds. The number of carbonyl (C=O) groups excluding carboxylic acids is 1. The van der Waals surface area contributed by atoms with Crippen molar-refractivity contribution in [3.63, 3.8) is 0 Å². The normalized spacial score (nSPS) is 11.3. The zero-order chi connectivity index (χ0) is 19.5. The zero-order valence-corrected chi connectivity index (χ0v) is 16.5. The average molecular weight is 391 g/mol. The predicted molar refractivity (Wildman–Crippen MR) is 114 cm³/mol. The van der Waals surface area contributed by atoms with Crippen molar-refractivity contribution in [2.24, 2.45) is 7.05 Å². The fourth-order valence-corrected chi connectivity index (χ4v) is 4.19. The number of nitrogens with zero attached hydrogens (tertiary/aromatic N) is 2. The molecule has 0 aliphatic rings. The van der Waals surface area contributed by atoms with Crippen LogP contribution in [0.15, 0.2) is 64.5 Å². The van der Waals surface area contributed by atoms with Crippen LogP contribution in [0.2, 0.25) is 0 Å². The predicted octanol–water partition coefficient (Wildman–Crippen LogP) is 4.10. The molecule has 2 aromatic carbocycles. The molecule has 0 aliphatic carbocycles. The fraction of sp³-hybridized carbons (Fsp3) is 0.227. The molecule has 28 heavy (non-hydrogen) atoms. The Balaban J connectivity index is 1.32. The van der Waals surface area contributed by atoms with Gasteiger partial charge in [-0.25, -0.2) is 4.98 Å². The Labute approximate surface area is 166 Å². The minimum absolute atomic E-state index is 0.125. The van der Waals surface area contributed by atoms with Crippen LogP contribution in [0.25, 0.3) is 21.8 Å². The summed E-state index contributed by atoms with van der Waals surface area (Å²) in [6.07, 6.45) is 1.72. The molecule has 0 bridgehead atoms. The summed E-state index contributed by atoms with van der Waals surface area (Å²) in [5, 5.41) is 2.36. The summed E-state index contributed by atoms with van der Waals surface area (Å²) in [6.45, 7) is 0. The largest absolute Gasteiger partial charge is 0.347 e. The van der Waals surface area contributed by atoms with E-state index in [-0.39, 0.29) is 11.3 Å². The van der Waals surface area contributed by atoms with Crippen LogP contribution < -0.4 is 5.56 Å². The lowest BCUT2D eigenvalue weighted by atomic mass is 10.1. The van der Waals surface area contributed by atoms with E-state index in [2.05, 4.69) is 32.7 Å². The molecule has 2 aromatic heterocycles. The number of thioether (sulfide) groups is 1. The molecular weight excluding hydrogens is 370 g/mol. The maximum absolute atomic E-state index is 12.4. The Bertz CT molecular complexity index is 1210. The molecule has 0 saturated carbocycles. The minimum Gasteiger partial charge on any atom is -0.347 e. The lowest BCUT2D eigenvalue weighted by Gasteiger charge is -2.05. The van der Waals surface area contributed by atoms with Crippen LogP contribution in [0.5, 0.6) is 0 Å². The smallest absolute Gasteiger partial charge is 0.259 e. The molecule has 142 valence electrons. The Hall–Kier alpha value is -2.86. The molecule has 0 spiro atoms. The molecule has 2 heterocycles. The number of hydrogen-bond donors (Lipinski definition) is 1. The van der Waals surface area contributed by atoms with E-state index in [9.17, 15) is 9.59 Å². The van der Waals surface area contributed by atoms with E-state index >= 15 is 0 Å². The first-order valence-electron chi connectivity index (χ1n) is 9.29. The second-order valence-electron chi connectivity index (χ2n) is 6.81. The second-order valence-corrected chi connectivity index (χ2v) is 7.89. The highest BCUT2D eigenvalue weighted by molar-refractivity contribution is 7.99. The van der Waals surface area contributed by atoms with Crippen LogP contribution in [0.4, 0.5) is 0 Å². The molecule has 0 atom stereocenters. The molecule has 0 aliphatic heterocycles. The van der Waals surface area contributed by atoms with E-state index in [0.717, 1.165) is 28.8 Å². The first-order chi connectivity index (χ1) is 13.6. The van der Waals surface area contributed by atoms with Gasteiger partial charge in [0.1, 0.15) is 5.78 Å². The number of aromatic amines is 1. The number of benzene rings is 2. The maximum atomic E-state index is 12.4. The van der Waals surface area contributed by atoms with Gasteiger partial charge in [-0.2, -0.15) is 0 Å². The highest BCUT2D eigenvalue weighted by Crippen LogP contribution is 2.20. The topological polar surface area (TPSA) is 67.8 Å². The number of carbonyl (C=O) groups is 1. The van der Waals surface area contributed by atoms with Crippen molar-refractivity contribution in [3.8, 4) is 0 Å². The Kier molecular flexibility index (Phi) is 5.30. The van der Waals surface area contributed by atoms with Crippen molar-refractivity contribution in [3.05, 3.63) is 70.6 Å². The summed E-state index contributed by atoms with van der Waals surface area (Å²) in [5.41, 5.74) is 2.76. The maximum Gasteiger partial charge on any atom is 0.259 e. The van der Waals surface area contributed by atoms with E-state index in [1.165, 1.54) is 11.8 Å². The number of H-pyrrole nitrogens is 1. The van der Waals surface area contributed by atoms with Crippen molar-refractivity contribution in [1.29, 1.82) is 0 Å². The van der Waals surface area contributed by atoms with Crippen molar-refractivity contribution in [1.82, 2.24) is 14.5 Å². The monoisotopic (exact) mass is 391 g/mol. The summed E-state index contributed by atoms with van der Waals surface area (Å²) in [7, 11) is 2.00. The molecule has 6 heteroatoms. The van der Waals surface area contributed by atoms with Gasteiger partial charge in [-0.1, -0.05) is 42.1 Å². The molecule has 4 aromatic rings. The van der Waals surface area contributed by atoms with Gasteiger partial charge in [0.25, 0.3) is 5.56 Å². The lowest BCUT2D eigenvalue weighted by molar-refractivity contribution is -0.118. The summed E-state index contributed by atoms with van der Waals surface area (Å²) < 4.78 is 2.09. The van der Waals surface area contributed by atoms with E-state index in [4.69, 9.17) is 0 Å². The Morgan fingerprint density at radius 3 is 2.79 bits per heavy atom. The number of Topliss-reactive ketones (excluding diaryl/α,β-unsaturated/α-hetero) is 1. The first-order valence-corrected chi connectivity index (χ1v) is 10.3. The Morgan fingerprint density at radius 1 is 1.14 bits per heavy atom. The van der Waals surface area contributed by atoms with Crippen LogP contribution in [0.3, 0.4) is 0 Å². The van der Waals surface area contributed by atoms with Crippen molar-refractivity contribution in [2.45, 2.75) is 24.4 Å². The third kappa shape index (κ3) is 3.87. The zero-order valence-electron chi connectivity index (χ0n) is 15.6. The van der Waals surface area contributed by atoms with Crippen molar-refractivity contribution < 1.29 is 4.79 Å². The standard InChI is InChI=1S/C22H21N3O2S/c1-25-16(13-15-7-2-5-11-20(15)25)14-17(26)8-6-12-28-22-23-19-10-4-3-9-18(19)21(27)24-22/h2-5,7,9-11,13H,6,8,12,14H2,1H3,(H,23,24,27). The van der Waals surface area contributed by atoms with Crippen molar-refractivity contribution in [2.75, 3.05) is 5.75 Å². The lowest BCUT2D eigenvalue weighted by Crippen LogP contribution is -2.09. The summed E-state index contributed by atoms with van der Waals surface area (Å²) in [4.78, 5) is 31.8. The first kappa shape index (κ1) is 18.5. The third-order valence-corrected chi connectivity index (χ3v) is 5.82. The summed E-state index contributed by atoms with van der Waals surface area (Å²) in [5.74, 6) is 0.966. The molecule has 0 fully saturated rings. The van der Waals surface area contributed by atoms with Crippen LogP contribution >= 0.6 is 11.8 Å². The number of para-hydroxylation sites is 2. The van der Waals surface area contributed by atoms with E-state index in [1.54, 1.807) is 6.07 Å². The molecule has 0 saturated heterocycles. The SMILES string of the molecule is Cn1c(CC(=O)CCCSc2nc3ccccc3c(=O)[nH]2)cc2ccccc21. The summed E-state index contributed by atoms with van der Waals surface area (Å²) >= 11 is 1.48. The van der Waals surface area contributed by atoms with Crippen LogP contribution in [0, 0.1) is 0 Å². The van der Waals surface area contributed by atoms with Gasteiger partial charge in [-0.05, 0) is 36.1 Å². The van der Waals surface area contributed by atoms with Gasteiger partial charge in [0.05, 0.1) is 10.9 Å². The number of nitrogens with one attached hydrogen (secondary N) is 1. The second kappa shape index (κ2) is 8.02. The van der Waals surface area contributed by atoms with Gasteiger partial charge in [-0.3, -0.25) is 9.59 Å². The quantitative estimate of drug-likeness (QED) is 0.293. The van der Waals surface area contributed by atoms with Gasteiger partial charge in [0.15, 0.2) is 5.16 Å². The number of fused-ring (bicyclic) bond motifs is 2. The molecule has 4 rings (SSSR count). The average Bonchev–Trinajstić information content (AvgIpc) is 3.01. The molecule has 5 nitrogen and oxygen atoms in total. The van der Waals surface area contributed by atoms with E-state index in [1.807, 2.05) is 37.4 Å². The minimum atomic E-state index is -0.125. The van der Waals surface area contributed by atoms with Crippen LogP contribution in [0.1, 0.15) is 18.5 Å². The molecular formula is C22H21N3O2S. The van der Waals surface area contributed by atoms with Gasteiger partial charge in [0, 0.05) is 36.9 Å². The van der Waals surface area contributed by atoms with Gasteiger partial charge < -0.3 is 9.55 Å². The third-order valence-electron chi connectivity index (χ3n) is 4.86. The highest BCUT2D eigenvalue weighted by atomic mass is 32.2.